The first-order chi connectivity index (χ1) is 11.2. The summed E-state index contributed by atoms with van der Waals surface area (Å²) < 4.78 is 12.3. The van der Waals surface area contributed by atoms with Crippen LogP contribution in [0.5, 0.6) is 0 Å². The second kappa shape index (κ2) is 6.09. The average molecular weight is 326 g/mol. The molecule has 3 rings (SSSR count). The molecule has 0 unspecified atom stereocenters. The first kappa shape index (κ1) is 17.3. The molecule has 2 heterocycles. The molecule has 0 aliphatic carbocycles. The largest absolute Gasteiger partial charge is 0.494 e. The van der Waals surface area contributed by atoms with Crippen LogP contribution in [0.3, 0.4) is 0 Å². The summed E-state index contributed by atoms with van der Waals surface area (Å²) in [6.45, 7) is 12.6. The zero-order valence-electron chi connectivity index (χ0n) is 15.4. The number of benzene rings is 1. The Labute approximate surface area is 145 Å². The maximum Gasteiger partial charge on any atom is 0.494 e. The molecule has 0 atom stereocenters. The summed E-state index contributed by atoms with van der Waals surface area (Å²) in [5.74, 6) is 0.781. The van der Waals surface area contributed by atoms with Gasteiger partial charge in [0, 0.05) is 18.8 Å². The highest BCUT2D eigenvalue weighted by atomic mass is 16.7. The lowest BCUT2D eigenvalue weighted by Gasteiger charge is -2.32. The van der Waals surface area contributed by atoms with Crippen LogP contribution in [0.1, 0.15) is 53.0 Å². The Morgan fingerprint density at radius 3 is 2.21 bits per heavy atom. The van der Waals surface area contributed by atoms with Crippen LogP contribution >= 0.6 is 0 Å². The third-order valence-electron chi connectivity index (χ3n) is 5.74. The molecule has 2 aliphatic heterocycles. The Balaban J connectivity index is 1.90. The van der Waals surface area contributed by atoms with Gasteiger partial charge in [0.05, 0.1) is 22.8 Å². The summed E-state index contributed by atoms with van der Waals surface area (Å²) in [6.07, 6.45) is 2.39. The van der Waals surface area contributed by atoms with Gasteiger partial charge in [-0.05, 0) is 70.1 Å². The molecule has 2 aliphatic rings. The van der Waals surface area contributed by atoms with Crippen LogP contribution in [0.25, 0.3) is 0 Å². The molecule has 5 heteroatoms. The van der Waals surface area contributed by atoms with E-state index in [9.17, 15) is 5.26 Å². The summed E-state index contributed by atoms with van der Waals surface area (Å²) in [5, 5.41) is 9.42. The van der Waals surface area contributed by atoms with Gasteiger partial charge in [0.25, 0.3) is 0 Å². The Bertz CT molecular complexity index is 642. The minimum Gasteiger partial charge on any atom is -0.399 e. The van der Waals surface area contributed by atoms with E-state index in [0.717, 1.165) is 30.2 Å². The van der Waals surface area contributed by atoms with Crippen molar-refractivity contribution in [3.63, 3.8) is 0 Å². The van der Waals surface area contributed by atoms with E-state index in [2.05, 4.69) is 24.0 Å². The van der Waals surface area contributed by atoms with Gasteiger partial charge in [-0.3, -0.25) is 0 Å². The molecular formula is C19H27BN2O2. The van der Waals surface area contributed by atoms with Gasteiger partial charge >= 0.3 is 7.12 Å². The smallest absolute Gasteiger partial charge is 0.399 e. The van der Waals surface area contributed by atoms with Crippen LogP contribution in [0.4, 0.5) is 5.69 Å². The fourth-order valence-electron chi connectivity index (χ4n) is 3.26. The van der Waals surface area contributed by atoms with Crippen molar-refractivity contribution in [3.8, 4) is 6.07 Å². The van der Waals surface area contributed by atoms with Crippen molar-refractivity contribution in [2.75, 3.05) is 18.0 Å². The fraction of sp³-hybridized carbons (Fsp3) is 0.632. The minimum atomic E-state index is -0.425. The first-order valence-electron chi connectivity index (χ1n) is 8.87. The lowest BCUT2D eigenvalue weighted by Crippen LogP contribution is -2.41. The van der Waals surface area contributed by atoms with Crippen LogP contribution in [0, 0.1) is 17.2 Å². The quantitative estimate of drug-likeness (QED) is 0.784. The van der Waals surface area contributed by atoms with Gasteiger partial charge in [0.1, 0.15) is 0 Å². The van der Waals surface area contributed by atoms with Crippen molar-refractivity contribution in [1.82, 2.24) is 0 Å². The topological polar surface area (TPSA) is 45.5 Å². The molecule has 0 bridgehead atoms. The summed E-state index contributed by atoms with van der Waals surface area (Å²) in [4.78, 5) is 2.37. The van der Waals surface area contributed by atoms with Crippen molar-refractivity contribution in [3.05, 3.63) is 23.8 Å². The van der Waals surface area contributed by atoms with Gasteiger partial charge in [-0.1, -0.05) is 6.92 Å². The predicted octanol–water partition coefficient (Wildman–Crippen LogP) is 3.09. The average Bonchev–Trinajstić information content (AvgIpc) is 2.76. The van der Waals surface area contributed by atoms with Crippen molar-refractivity contribution in [1.29, 1.82) is 5.26 Å². The monoisotopic (exact) mass is 326 g/mol. The van der Waals surface area contributed by atoms with Gasteiger partial charge in [0.15, 0.2) is 0 Å². The van der Waals surface area contributed by atoms with E-state index < -0.39 is 7.12 Å². The minimum absolute atomic E-state index is 0.374. The molecule has 0 amide bonds. The number of nitrogens with zero attached hydrogens (tertiary/aromatic N) is 2. The molecule has 2 fully saturated rings. The second-order valence-electron chi connectivity index (χ2n) is 8.18. The zero-order valence-corrected chi connectivity index (χ0v) is 15.4. The number of piperidine rings is 1. The van der Waals surface area contributed by atoms with Crippen molar-refractivity contribution in [2.24, 2.45) is 5.92 Å². The van der Waals surface area contributed by atoms with Crippen LogP contribution < -0.4 is 10.4 Å². The molecule has 0 aromatic heterocycles. The summed E-state index contributed by atoms with van der Waals surface area (Å²) in [6, 6.07) is 8.27. The highest BCUT2D eigenvalue weighted by Gasteiger charge is 2.51. The summed E-state index contributed by atoms with van der Waals surface area (Å²) in [5.41, 5.74) is 1.95. The van der Waals surface area contributed by atoms with Gasteiger partial charge in [0.2, 0.25) is 0 Å². The molecule has 0 radical (unpaired) electrons. The molecule has 24 heavy (non-hydrogen) atoms. The van der Waals surface area contributed by atoms with Crippen LogP contribution in [-0.4, -0.2) is 31.4 Å². The molecule has 1 aromatic carbocycles. The van der Waals surface area contributed by atoms with Gasteiger partial charge in [-0.15, -0.1) is 0 Å². The molecule has 128 valence electrons. The van der Waals surface area contributed by atoms with Crippen molar-refractivity contribution >= 4 is 18.3 Å². The van der Waals surface area contributed by atoms with Crippen molar-refractivity contribution in [2.45, 2.75) is 58.7 Å². The first-order valence-corrected chi connectivity index (χ1v) is 8.87. The van der Waals surface area contributed by atoms with E-state index in [1.165, 1.54) is 12.8 Å². The molecule has 0 N–H and O–H groups in total. The molecule has 1 aromatic rings. The number of anilines is 1. The van der Waals surface area contributed by atoms with Gasteiger partial charge in [-0.2, -0.15) is 5.26 Å². The number of nitriles is 1. The van der Waals surface area contributed by atoms with Crippen LogP contribution in [0.2, 0.25) is 0 Å². The van der Waals surface area contributed by atoms with E-state index in [4.69, 9.17) is 9.31 Å². The molecule has 2 saturated heterocycles. The summed E-state index contributed by atoms with van der Waals surface area (Å²) in [7, 11) is -0.425. The Kier molecular flexibility index (Phi) is 4.40. The summed E-state index contributed by atoms with van der Waals surface area (Å²) >= 11 is 0. The normalized spacial score (nSPS) is 23.3. The van der Waals surface area contributed by atoms with Crippen molar-refractivity contribution < 1.29 is 9.31 Å². The van der Waals surface area contributed by atoms with Gasteiger partial charge in [-0.25, -0.2) is 0 Å². The van der Waals surface area contributed by atoms with E-state index >= 15 is 0 Å². The molecular weight excluding hydrogens is 299 g/mol. The van der Waals surface area contributed by atoms with E-state index in [0.29, 0.717) is 5.56 Å². The second-order valence-corrected chi connectivity index (χ2v) is 8.18. The Morgan fingerprint density at radius 2 is 1.67 bits per heavy atom. The highest BCUT2D eigenvalue weighted by Crippen LogP contribution is 2.36. The number of hydrogen-bond donors (Lipinski definition) is 0. The maximum atomic E-state index is 9.42. The molecule has 0 saturated carbocycles. The third-order valence-corrected chi connectivity index (χ3v) is 5.74. The van der Waals surface area contributed by atoms with E-state index in [-0.39, 0.29) is 11.2 Å². The SMILES string of the molecule is CC1CCN(c2cc(C#N)cc(B3OC(C)(C)C(C)(C)O3)c2)CC1. The fourth-order valence-corrected chi connectivity index (χ4v) is 3.26. The predicted molar refractivity (Wildman–Crippen MR) is 97.5 cm³/mol. The van der Waals surface area contributed by atoms with Crippen LogP contribution in [0.15, 0.2) is 18.2 Å². The lowest BCUT2D eigenvalue weighted by molar-refractivity contribution is 0.00578. The standard InChI is InChI=1S/C19H27BN2O2/c1-14-6-8-22(9-7-14)17-11-15(13-21)10-16(12-17)20-23-18(2,3)19(4,5)24-20/h10-12,14H,6-9H2,1-5H3. The zero-order chi connectivity index (χ0) is 17.5. The Morgan fingerprint density at radius 1 is 1.08 bits per heavy atom. The van der Waals surface area contributed by atoms with E-state index in [1.54, 1.807) is 0 Å². The van der Waals surface area contributed by atoms with Gasteiger partial charge < -0.3 is 14.2 Å². The Hall–Kier alpha value is -1.51. The number of rotatable bonds is 2. The molecule has 4 nitrogen and oxygen atoms in total. The van der Waals surface area contributed by atoms with Crippen LogP contribution in [-0.2, 0) is 9.31 Å². The third kappa shape index (κ3) is 3.18. The highest BCUT2D eigenvalue weighted by molar-refractivity contribution is 6.62. The lowest BCUT2D eigenvalue weighted by atomic mass is 9.78. The van der Waals surface area contributed by atoms with E-state index in [1.807, 2.05) is 39.8 Å². The maximum absolute atomic E-state index is 9.42. The molecule has 0 spiro atoms. The number of hydrogen-bond acceptors (Lipinski definition) is 4.